The Morgan fingerprint density at radius 2 is 1.46 bits per heavy atom. The maximum absolute atomic E-state index is 13.1. The number of amides is 1. The van der Waals surface area contributed by atoms with Gasteiger partial charge in [-0.25, -0.2) is 17.5 Å². The van der Waals surface area contributed by atoms with Gasteiger partial charge in [0.15, 0.2) is 5.76 Å². The first-order valence-electron chi connectivity index (χ1n) is 10.8. The number of carbonyl (C=O) groups is 1. The number of fused-ring (bicyclic) bond motifs is 1. The average molecular weight is 556 g/mol. The highest BCUT2D eigenvalue weighted by Gasteiger charge is 2.24. The highest BCUT2D eigenvalue weighted by Crippen LogP contribution is 2.30. The molecule has 37 heavy (non-hydrogen) atoms. The summed E-state index contributed by atoms with van der Waals surface area (Å²) in [4.78, 5) is 12.3. The summed E-state index contributed by atoms with van der Waals surface area (Å²) in [5, 5.41) is 0.713. The highest BCUT2D eigenvalue weighted by molar-refractivity contribution is 7.90. The molecule has 0 atom stereocenters. The van der Waals surface area contributed by atoms with Crippen molar-refractivity contribution in [2.45, 2.75) is 4.90 Å². The van der Waals surface area contributed by atoms with Crippen LogP contribution in [0.3, 0.4) is 0 Å². The molecule has 0 fully saturated rings. The zero-order chi connectivity index (χ0) is 26.2. The van der Waals surface area contributed by atoms with Gasteiger partial charge in [-0.15, -0.1) is 0 Å². The van der Waals surface area contributed by atoms with Crippen LogP contribution in [0, 0.1) is 5.82 Å². The molecule has 0 spiro atoms. The molecule has 0 aliphatic heterocycles. The van der Waals surface area contributed by atoms with Gasteiger partial charge in [0.05, 0.1) is 5.02 Å². The Bertz CT molecular complexity index is 1730. The zero-order valence-electron chi connectivity index (χ0n) is 18.7. The second-order valence-corrected chi connectivity index (χ2v) is 10.4. The quantitative estimate of drug-likeness (QED) is 0.235. The Hall–Kier alpha value is -3.85. The van der Waals surface area contributed by atoms with Crippen molar-refractivity contribution < 1.29 is 26.8 Å². The molecule has 0 bridgehead atoms. The minimum Gasteiger partial charge on any atom is -0.457 e. The summed E-state index contributed by atoms with van der Waals surface area (Å²) in [6.45, 7) is 0. The average Bonchev–Trinajstić information content (AvgIpc) is 3.28. The van der Waals surface area contributed by atoms with E-state index in [1.165, 1.54) is 36.4 Å². The molecule has 0 radical (unpaired) electrons. The standard InChI is InChI=1S/C27H16Cl2FNO5S/c28-19-6-12-26(23(29)14-19)37(33,34)31-27(32)25-13-18-5-11-22(15-24(18)36-25)35-21-9-3-17(4-10-21)16-1-7-20(30)8-2-16/h1-15H,(H,31,32). The number of hydrogen-bond donors (Lipinski definition) is 1. The number of sulfonamides is 1. The number of rotatable bonds is 6. The Morgan fingerprint density at radius 1 is 0.811 bits per heavy atom. The predicted octanol–water partition coefficient (Wildman–Crippen LogP) is 7.46. The first-order chi connectivity index (χ1) is 17.7. The maximum atomic E-state index is 13.1. The van der Waals surface area contributed by atoms with Crippen LogP contribution in [-0.2, 0) is 10.0 Å². The molecule has 186 valence electrons. The minimum atomic E-state index is -4.26. The van der Waals surface area contributed by atoms with E-state index < -0.39 is 15.9 Å². The maximum Gasteiger partial charge on any atom is 0.300 e. The molecule has 10 heteroatoms. The van der Waals surface area contributed by atoms with E-state index in [0.717, 1.165) is 11.1 Å². The first-order valence-corrected chi connectivity index (χ1v) is 13.0. The van der Waals surface area contributed by atoms with Crippen molar-refractivity contribution in [1.29, 1.82) is 0 Å². The lowest BCUT2D eigenvalue weighted by molar-refractivity contribution is 0.0956. The molecule has 1 N–H and O–H groups in total. The third-order valence-electron chi connectivity index (χ3n) is 5.39. The molecule has 0 saturated carbocycles. The van der Waals surface area contributed by atoms with E-state index >= 15 is 0 Å². The molecule has 0 unspecified atom stereocenters. The summed E-state index contributed by atoms with van der Waals surface area (Å²) in [5.41, 5.74) is 2.10. The van der Waals surface area contributed by atoms with Crippen LogP contribution in [0.4, 0.5) is 4.39 Å². The van der Waals surface area contributed by atoms with Gasteiger partial charge in [-0.05, 0) is 71.8 Å². The van der Waals surface area contributed by atoms with E-state index in [9.17, 15) is 17.6 Å². The highest BCUT2D eigenvalue weighted by atomic mass is 35.5. The number of ether oxygens (including phenoxy) is 1. The Kier molecular flexibility index (Phi) is 6.64. The Morgan fingerprint density at radius 3 is 2.14 bits per heavy atom. The number of nitrogens with one attached hydrogen (secondary N) is 1. The van der Waals surface area contributed by atoms with Crippen LogP contribution in [0.15, 0.2) is 100 Å². The van der Waals surface area contributed by atoms with Gasteiger partial charge in [0, 0.05) is 16.5 Å². The Balaban J connectivity index is 1.32. The SMILES string of the molecule is O=C(NS(=O)(=O)c1ccc(Cl)cc1Cl)c1cc2ccc(Oc3ccc(-c4ccc(F)cc4)cc3)cc2o1. The largest absolute Gasteiger partial charge is 0.457 e. The van der Waals surface area contributed by atoms with Crippen LogP contribution in [0.1, 0.15) is 10.6 Å². The van der Waals surface area contributed by atoms with E-state index in [4.69, 9.17) is 32.4 Å². The van der Waals surface area contributed by atoms with Crippen LogP contribution >= 0.6 is 23.2 Å². The van der Waals surface area contributed by atoms with Crippen molar-refractivity contribution in [3.63, 3.8) is 0 Å². The molecule has 1 heterocycles. The normalized spacial score (nSPS) is 11.4. The van der Waals surface area contributed by atoms with Gasteiger partial charge in [0.1, 0.15) is 27.8 Å². The Labute approximate surface area is 221 Å². The van der Waals surface area contributed by atoms with Crippen LogP contribution in [0.25, 0.3) is 22.1 Å². The molecule has 5 aromatic rings. The van der Waals surface area contributed by atoms with E-state index in [-0.39, 0.29) is 26.5 Å². The van der Waals surface area contributed by atoms with E-state index in [2.05, 4.69) is 0 Å². The van der Waals surface area contributed by atoms with Crippen LogP contribution in [-0.4, -0.2) is 14.3 Å². The van der Waals surface area contributed by atoms with Gasteiger partial charge in [0.2, 0.25) is 0 Å². The van der Waals surface area contributed by atoms with Gasteiger partial charge >= 0.3 is 5.91 Å². The fourth-order valence-electron chi connectivity index (χ4n) is 3.60. The van der Waals surface area contributed by atoms with Gasteiger partial charge in [-0.1, -0.05) is 47.5 Å². The molecule has 4 aromatic carbocycles. The molecule has 1 aromatic heterocycles. The summed E-state index contributed by atoms with van der Waals surface area (Å²) in [6.07, 6.45) is 0. The zero-order valence-corrected chi connectivity index (χ0v) is 21.1. The summed E-state index contributed by atoms with van der Waals surface area (Å²) >= 11 is 11.8. The number of hydrogen-bond acceptors (Lipinski definition) is 5. The lowest BCUT2D eigenvalue weighted by atomic mass is 10.1. The van der Waals surface area contributed by atoms with Crippen molar-refractivity contribution in [1.82, 2.24) is 4.72 Å². The van der Waals surface area contributed by atoms with Crippen molar-refractivity contribution in [2.24, 2.45) is 0 Å². The second kappa shape index (κ2) is 9.89. The smallest absolute Gasteiger partial charge is 0.300 e. The van der Waals surface area contributed by atoms with Crippen molar-refractivity contribution >= 4 is 50.1 Å². The van der Waals surface area contributed by atoms with Crippen molar-refractivity contribution in [3.8, 4) is 22.6 Å². The molecule has 1 amide bonds. The summed E-state index contributed by atoms with van der Waals surface area (Å²) in [5.74, 6) is -0.458. The summed E-state index contributed by atoms with van der Waals surface area (Å²) in [6, 6.07) is 23.6. The molecule has 0 aliphatic rings. The molecule has 0 saturated heterocycles. The fourth-order valence-corrected chi connectivity index (χ4v) is 5.33. The number of halogens is 3. The molecule has 5 rings (SSSR count). The number of carbonyl (C=O) groups excluding carboxylic acids is 1. The first kappa shape index (κ1) is 24.8. The lowest BCUT2D eigenvalue weighted by Crippen LogP contribution is -2.30. The number of furan rings is 1. The van der Waals surface area contributed by atoms with E-state index in [1.807, 2.05) is 16.9 Å². The molecular weight excluding hydrogens is 540 g/mol. The third kappa shape index (κ3) is 5.46. The van der Waals surface area contributed by atoms with Gasteiger partial charge in [-0.3, -0.25) is 4.79 Å². The van der Waals surface area contributed by atoms with Crippen molar-refractivity contribution in [3.05, 3.63) is 113 Å². The fraction of sp³-hybridized carbons (Fsp3) is 0. The van der Waals surface area contributed by atoms with Crippen LogP contribution in [0.5, 0.6) is 11.5 Å². The predicted molar refractivity (Wildman–Crippen MR) is 139 cm³/mol. The number of benzene rings is 4. The van der Waals surface area contributed by atoms with E-state index in [1.54, 1.807) is 42.5 Å². The van der Waals surface area contributed by atoms with Crippen molar-refractivity contribution in [2.75, 3.05) is 0 Å². The topological polar surface area (TPSA) is 85.6 Å². The summed E-state index contributed by atoms with van der Waals surface area (Å²) < 4.78 is 51.8. The second-order valence-electron chi connectivity index (χ2n) is 7.95. The van der Waals surface area contributed by atoms with Gasteiger partial charge < -0.3 is 9.15 Å². The minimum absolute atomic E-state index is 0.120. The molecule has 0 aliphatic carbocycles. The van der Waals surface area contributed by atoms with Crippen LogP contribution in [0.2, 0.25) is 10.0 Å². The summed E-state index contributed by atoms with van der Waals surface area (Å²) in [7, 11) is -4.26. The van der Waals surface area contributed by atoms with Gasteiger partial charge in [-0.2, -0.15) is 0 Å². The molecule has 6 nitrogen and oxygen atoms in total. The van der Waals surface area contributed by atoms with Crippen LogP contribution < -0.4 is 9.46 Å². The molecular formula is C27H16Cl2FNO5S. The monoisotopic (exact) mass is 555 g/mol. The lowest BCUT2D eigenvalue weighted by Gasteiger charge is -2.07. The van der Waals surface area contributed by atoms with Gasteiger partial charge in [0.25, 0.3) is 10.0 Å². The van der Waals surface area contributed by atoms with E-state index in [0.29, 0.717) is 22.5 Å². The third-order valence-corrected chi connectivity index (χ3v) is 7.44.